The van der Waals surface area contributed by atoms with Crippen molar-refractivity contribution in [3.8, 4) is 0 Å². The van der Waals surface area contributed by atoms with Gasteiger partial charge in [-0.2, -0.15) is 0 Å². The fourth-order valence-corrected chi connectivity index (χ4v) is 4.32. The molecule has 5 rings (SSSR count). The Balaban J connectivity index is 1.50. The summed E-state index contributed by atoms with van der Waals surface area (Å²) < 4.78 is 3.01. The van der Waals surface area contributed by atoms with Crippen LogP contribution in [0.25, 0.3) is 5.65 Å². The van der Waals surface area contributed by atoms with Crippen molar-refractivity contribution in [1.82, 2.24) is 24.1 Å². The molecular formula is C21H24N6O2. The Bertz CT molecular complexity index is 1140. The van der Waals surface area contributed by atoms with Gasteiger partial charge in [-0.1, -0.05) is 0 Å². The smallest absolute Gasteiger partial charge is 0.339 e. The number of carbonyl (C=O) groups is 1. The zero-order valence-electron chi connectivity index (χ0n) is 16.5. The summed E-state index contributed by atoms with van der Waals surface area (Å²) in [4.78, 5) is 33.7. The number of aromatic nitrogens is 4. The number of hydrogen-bond acceptors (Lipinski definition) is 5. The molecule has 8 heteroatoms. The third-order valence-corrected chi connectivity index (χ3v) is 5.85. The summed E-state index contributed by atoms with van der Waals surface area (Å²) in [6.07, 6.45) is 7.52. The van der Waals surface area contributed by atoms with Gasteiger partial charge in [0.15, 0.2) is 5.65 Å². The standard InChI is InChI=1S/C21H24N6O2/c1-2-27-21(29)26-11-7-17(13-18(26)23-27)25-10-5-6-15-12-16(14-22-19(15)25)20(28)24-8-3-4-9-24/h7,11-14H,2-6,8-10H2,1H3. The molecule has 0 spiro atoms. The normalized spacial score (nSPS) is 16.4. The molecule has 2 aliphatic rings. The largest absolute Gasteiger partial charge is 0.350 e. The first-order chi connectivity index (χ1) is 14.2. The van der Waals surface area contributed by atoms with Crippen LogP contribution in [-0.4, -0.2) is 49.6 Å². The lowest BCUT2D eigenvalue weighted by molar-refractivity contribution is 0.0792. The molecule has 0 radical (unpaired) electrons. The average Bonchev–Trinajstić information content (AvgIpc) is 3.40. The van der Waals surface area contributed by atoms with E-state index in [1.807, 2.05) is 30.0 Å². The van der Waals surface area contributed by atoms with Crippen LogP contribution in [0.1, 0.15) is 42.1 Å². The molecule has 8 nitrogen and oxygen atoms in total. The van der Waals surface area contributed by atoms with Crippen molar-refractivity contribution in [3.63, 3.8) is 0 Å². The van der Waals surface area contributed by atoms with Gasteiger partial charge in [0.25, 0.3) is 5.91 Å². The molecule has 1 saturated heterocycles. The van der Waals surface area contributed by atoms with Crippen LogP contribution in [0.5, 0.6) is 0 Å². The minimum atomic E-state index is -0.128. The first-order valence-electron chi connectivity index (χ1n) is 10.3. The van der Waals surface area contributed by atoms with E-state index in [1.165, 1.54) is 4.68 Å². The van der Waals surface area contributed by atoms with Crippen LogP contribution < -0.4 is 10.6 Å². The van der Waals surface area contributed by atoms with E-state index < -0.39 is 0 Å². The van der Waals surface area contributed by atoms with Gasteiger partial charge in [-0.25, -0.2) is 14.5 Å². The third-order valence-electron chi connectivity index (χ3n) is 5.85. The van der Waals surface area contributed by atoms with Crippen molar-refractivity contribution in [2.45, 2.75) is 39.2 Å². The van der Waals surface area contributed by atoms with Gasteiger partial charge in [0.05, 0.1) is 5.56 Å². The van der Waals surface area contributed by atoms with Crippen molar-refractivity contribution in [2.24, 2.45) is 0 Å². The second-order valence-corrected chi connectivity index (χ2v) is 7.67. The van der Waals surface area contributed by atoms with E-state index in [9.17, 15) is 9.59 Å². The summed E-state index contributed by atoms with van der Waals surface area (Å²) in [7, 11) is 0. The number of amides is 1. The summed E-state index contributed by atoms with van der Waals surface area (Å²) in [5, 5.41) is 4.39. The highest BCUT2D eigenvalue weighted by Gasteiger charge is 2.24. The zero-order chi connectivity index (χ0) is 20.0. The van der Waals surface area contributed by atoms with Crippen LogP contribution in [-0.2, 0) is 13.0 Å². The number of aryl methyl sites for hydroxylation is 2. The number of anilines is 2. The van der Waals surface area contributed by atoms with Crippen molar-refractivity contribution >= 4 is 23.1 Å². The van der Waals surface area contributed by atoms with Crippen molar-refractivity contribution in [1.29, 1.82) is 0 Å². The lowest BCUT2D eigenvalue weighted by Gasteiger charge is -2.30. The maximum absolute atomic E-state index is 12.7. The van der Waals surface area contributed by atoms with Crippen LogP contribution in [0.3, 0.4) is 0 Å². The van der Waals surface area contributed by atoms with Gasteiger partial charge in [0, 0.05) is 50.3 Å². The van der Waals surface area contributed by atoms with E-state index in [4.69, 9.17) is 0 Å². The second-order valence-electron chi connectivity index (χ2n) is 7.67. The van der Waals surface area contributed by atoms with Crippen LogP contribution in [0.4, 0.5) is 11.5 Å². The highest BCUT2D eigenvalue weighted by atomic mass is 16.2. The molecule has 0 saturated carbocycles. The molecule has 2 aliphatic heterocycles. The lowest BCUT2D eigenvalue weighted by Crippen LogP contribution is -2.29. The van der Waals surface area contributed by atoms with Gasteiger partial charge in [-0.3, -0.25) is 9.20 Å². The van der Waals surface area contributed by atoms with Gasteiger partial charge >= 0.3 is 5.69 Å². The highest BCUT2D eigenvalue weighted by Crippen LogP contribution is 2.32. The molecule has 0 N–H and O–H groups in total. The quantitative estimate of drug-likeness (QED) is 0.683. The molecule has 1 amide bonds. The molecule has 0 aliphatic carbocycles. The fourth-order valence-electron chi connectivity index (χ4n) is 4.32. The Hall–Kier alpha value is -3.16. The summed E-state index contributed by atoms with van der Waals surface area (Å²) in [6.45, 7) is 4.96. The maximum atomic E-state index is 12.7. The molecular weight excluding hydrogens is 368 g/mol. The number of hydrogen-bond donors (Lipinski definition) is 0. The van der Waals surface area contributed by atoms with E-state index in [2.05, 4.69) is 15.0 Å². The zero-order valence-corrected chi connectivity index (χ0v) is 16.5. The number of rotatable bonds is 3. The molecule has 0 atom stereocenters. The van der Waals surface area contributed by atoms with Gasteiger partial charge in [0.2, 0.25) is 0 Å². The molecule has 0 unspecified atom stereocenters. The minimum Gasteiger partial charge on any atom is -0.339 e. The molecule has 3 aromatic rings. The molecule has 5 heterocycles. The van der Waals surface area contributed by atoms with E-state index in [1.54, 1.807) is 16.8 Å². The van der Waals surface area contributed by atoms with E-state index in [0.717, 1.165) is 62.4 Å². The number of fused-ring (bicyclic) bond motifs is 2. The predicted molar refractivity (Wildman–Crippen MR) is 110 cm³/mol. The Morgan fingerprint density at radius 2 is 1.97 bits per heavy atom. The topological polar surface area (TPSA) is 75.7 Å². The Labute approximate surface area is 168 Å². The number of pyridine rings is 2. The van der Waals surface area contributed by atoms with Crippen LogP contribution in [0.15, 0.2) is 35.4 Å². The van der Waals surface area contributed by atoms with E-state index >= 15 is 0 Å². The highest BCUT2D eigenvalue weighted by molar-refractivity contribution is 5.94. The molecule has 1 fully saturated rings. The van der Waals surface area contributed by atoms with Gasteiger partial charge in [-0.15, -0.1) is 5.10 Å². The Kier molecular flexibility index (Phi) is 4.34. The lowest BCUT2D eigenvalue weighted by atomic mass is 10.0. The summed E-state index contributed by atoms with van der Waals surface area (Å²) >= 11 is 0. The van der Waals surface area contributed by atoms with Gasteiger partial charge in [0.1, 0.15) is 5.82 Å². The Morgan fingerprint density at radius 1 is 1.14 bits per heavy atom. The molecule has 0 bridgehead atoms. The minimum absolute atomic E-state index is 0.0841. The van der Waals surface area contributed by atoms with Crippen LogP contribution in [0.2, 0.25) is 0 Å². The predicted octanol–water partition coefficient (Wildman–Crippen LogP) is 2.23. The molecule has 3 aromatic heterocycles. The fraction of sp³-hybridized carbons (Fsp3) is 0.429. The Morgan fingerprint density at radius 3 is 2.76 bits per heavy atom. The van der Waals surface area contributed by atoms with Crippen molar-refractivity contribution in [3.05, 3.63) is 52.2 Å². The molecule has 0 aromatic carbocycles. The van der Waals surface area contributed by atoms with Crippen molar-refractivity contribution in [2.75, 3.05) is 24.5 Å². The van der Waals surface area contributed by atoms with Gasteiger partial charge in [-0.05, 0) is 50.3 Å². The summed E-state index contributed by atoms with van der Waals surface area (Å²) in [5.41, 5.74) is 3.23. The van der Waals surface area contributed by atoms with Crippen LogP contribution in [0, 0.1) is 0 Å². The summed E-state index contributed by atoms with van der Waals surface area (Å²) in [5.74, 6) is 0.969. The monoisotopic (exact) mass is 392 g/mol. The average molecular weight is 392 g/mol. The van der Waals surface area contributed by atoms with Crippen molar-refractivity contribution < 1.29 is 4.79 Å². The maximum Gasteiger partial charge on any atom is 0.350 e. The first kappa shape index (κ1) is 17.9. The van der Waals surface area contributed by atoms with Crippen LogP contribution >= 0.6 is 0 Å². The number of carbonyl (C=O) groups excluding carboxylic acids is 1. The summed E-state index contributed by atoms with van der Waals surface area (Å²) in [6, 6.07) is 5.85. The van der Waals surface area contributed by atoms with E-state index in [0.29, 0.717) is 17.8 Å². The van der Waals surface area contributed by atoms with Gasteiger partial charge < -0.3 is 9.80 Å². The second kappa shape index (κ2) is 7.02. The first-order valence-corrected chi connectivity index (χ1v) is 10.3. The SMILES string of the molecule is CCn1nc2cc(N3CCCc4cc(C(=O)N5CCCC5)cnc43)ccn2c1=O. The number of likely N-dealkylation sites (tertiary alicyclic amines) is 1. The molecule has 29 heavy (non-hydrogen) atoms. The number of nitrogens with zero attached hydrogens (tertiary/aromatic N) is 6. The molecule has 150 valence electrons. The van der Waals surface area contributed by atoms with E-state index in [-0.39, 0.29) is 11.6 Å². The third kappa shape index (κ3) is 2.99.